The molecule has 0 unspecified atom stereocenters. The molecule has 1 aromatic carbocycles. The molecule has 3 fully saturated rings. The van der Waals surface area contributed by atoms with Crippen LogP contribution in [0, 0.1) is 12.3 Å². The van der Waals surface area contributed by atoms with Gasteiger partial charge in [-0.3, -0.25) is 14.7 Å². The molecule has 3 aliphatic rings. The number of terminal acetylenes is 1. The molecule has 0 atom stereocenters. The zero-order chi connectivity index (χ0) is 23.0. The summed E-state index contributed by atoms with van der Waals surface area (Å²) in [7, 11) is 0. The Morgan fingerprint density at radius 2 is 1.82 bits per heavy atom. The molecule has 0 N–H and O–H groups in total. The summed E-state index contributed by atoms with van der Waals surface area (Å²) in [5.41, 5.74) is 0.907. The van der Waals surface area contributed by atoms with Crippen molar-refractivity contribution in [3.8, 4) is 23.8 Å². The maximum absolute atomic E-state index is 13.6. The molecule has 1 aliphatic heterocycles. The van der Waals surface area contributed by atoms with Crippen LogP contribution in [-0.2, 0) is 4.79 Å². The Morgan fingerprint density at radius 1 is 1.09 bits per heavy atom. The summed E-state index contributed by atoms with van der Waals surface area (Å²) in [5.74, 6) is 3.83. The van der Waals surface area contributed by atoms with Crippen molar-refractivity contribution >= 4 is 28.9 Å². The van der Waals surface area contributed by atoms with E-state index >= 15 is 0 Å². The fourth-order valence-corrected chi connectivity index (χ4v) is 5.99. The number of carbonyl (C=O) groups is 1. The van der Waals surface area contributed by atoms with Gasteiger partial charge in [-0.1, -0.05) is 50.5 Å². The Hall–Kier alpha value is -2.39. The van der Waals surface area contributed by atoms with Crippen molar-refractivity contribution in [3.05, 3.63) is 28.7 Å². The SMILES string of the molecule is C#CCOc1ccc(C=C2SC(=NC3CCCCC3)N(C3CCCCC3)C2=O)cc1OCC. The maximum Gasteiger partial charge on any atom is 0.266 e. The molecule has 0 aromatic heterocycles. The van der Waals surface area contributed by atoms with E-state index in [0.717, 1.165) is 41.3 Å². The quantitative estimate of drug-likeness (QED) is 0.363. The van der Waals surface area contributed by atoms with Gasteiger partial charge in [-0.25, -0.2) is 0 Å². The van der Waals surface area contributed by atoms with Gasteiger partial charge in [0.15, 0.2) is 16.7 Å². The molecule has 1 amide bonds. The van der Waals surface area contributed by atoms with E-state index in [1.807, 2.05) is 36.1 Å². The highest BCUT2D eigenvalue weighted by atomic mass is 32.2. The van der Waals surface area contributed by atoms with Crippen molar-refractivity contribution in [3.63, 3.8) is 0 Å². The fraction of sp³-hybridized carbons (Fsp3) is 0.556. The van der Waals surface area contributed by atoms with Crippen molar-refractivity contribution in [2.75, 3.05) is 13.2 Å². The van der Waals surface area contributed by atoms with Crippen LogP contribution in [0.25, 0.3) is 6.08 Å². The number of thioether (sulfide) groups is 1. The van der Waals surface area contributed by atoms with Crippen LogP contribution in [0.15, 0.2) is 28.1 Å². The average Bonchev–Trinajstić information content (AvgIpc) is 3.14. The van der Waals surface area contributed by atoms with Gasteiger partial charge in [0.05, 0.1) is 17.6 Å². The summed E-state index contributed by atoms with van der Waals surface area (Å²) < 4.78 is 11.4. The van der Waals surface area contributed by atoms with Gasteiger partial charge in [0.25, 0.3) is 5.91 Å². The highest BCUT2D eigenvalue weighted by molar-refractivity contribution is 8.18. The lowest BCUT2D eigenvalue weighted by molar-refractivity contribution is -0.124. The van der Waals surface area contributed by atoms with Crippen molar-refractivity contribution < 1.29 is 14.3 Å². The summed E-state index contributed by atoms with van der Waals surface area (Å²) in [6.45, 7) is 2.64. The molecule has 33 heavy (non-hydrogen) atoms. The first kappa shape index (κ1) is 23.8. The second-order valence-corrected chi connectivity index (χ2v) is 9.92. The van der Waals surface area contributed by atoms with Gasteiger partial charge in [0.1, 0.15) is 6.61 Å². The lowest BCUT2D eigenvalue weighted by atomic mass is 9.94. The molecule has 1 heterocycles. The van der Waals surface area contributed by atoms with Gasteiger partial charge in [0.2, 0.25) is 0 Å². The lowest BCUT2D eigenvalue weighted by Gasteiger charge is -2.31. The second kappa shape index (κ2) is 11.7. The molecular weight excluding hydrogens is 432 g/mol. The van der Waals surface area contributed by atoms with E-state index < -0.39 is 0 Å². The smallest absolute Gasteiger partial charge is 0.266 e. The van der Waals surface area contributed by atoms with E-state index in [9.17, 15) is 4.79 Å². The summed E-state index contributed by atoms with van der Waals surface area (Å²) in [5, 5.41) is 0.907. The Bertz CT molecular complexity index is 937. The number of amidine groups is 1. The number of amides is 1. The Labute approximate surface area is 202 Å². The van der Waals surface area contributed by atoms with Crippen LogP contribution in [0.4, 0.5) is 0 Å². The van der Waals surface area contributed by atoms with E-state index in [0.29, 0.717) is 24.1 Å². The lowest BCUT2D eigenvalue weighted by Crippen LogP contribution is -2.41. The fourth-order valence-electron chi connectivity index (χ4n) is 4.88. The first-order valence-electron chi connectivity index (χ1n) is 12.3. The largest absolute Gasteiger partial charge is 0.490 e. The number of aliphatic imine (C=N–C) groups is 1. The second-order valence-electron chi connectivity index (χ2n) is 8.91. The minimum Gasteiger partial charge on any atom is -0.490 e. The van der Waals surface area contributed by atoms with Gasteiger partial charge in [-0.05, 0) is 68.1 Å². The molecule has 2 aliphatic carbocycles. The van der Waals surface area contributed by atoms with Crippen molar-refractivity contribution in [1.29, 1.82) is 0 Å². The summed E-state index contributed by atoms with van der Waals surface area (Å²) >= 11 is 1.54. The third kappa shape index (κ3) is 5.95. The molecule has 1 saturated heterocycles. The topological polar surface area (TPSA) is 51.1 Å². The zero-order valence-corrected chi connectivity index (χ0v) is 20.4. The highest BCUT2D eigenvalue weighted by Gasteiger charge is 2.39. The first-order chi connectivity index (χ1) is 16.2. The van der Waals surface area contributed by atoms with Gasteiger partial charge in [0, 0.05) is 6.04 Å². The standard InChI is InChI=1S/C27H34N2O3S/c1-3-17-32-23-16-15-20(18-24(23)31-4-2)19-25-26(30)29(22-13-9-6-10-14-22)27(33-25)28-21-11-7-5-8-12-21/h1,15-16,18-19,21-22H,4-14,17H2,2H3. The van der Waals surface area contributed by atoms with Crippen molar-refractivity contribution in [2.45, 2.75) is 83.2 Å². The average molecular weight is 467 g/mol. The van der Waals surface area contributed by atoms with Crippen LogP contribution < -0.4 is 9.47 Å². The molecule has 1 aromatic rings. The third-order valence-corrected chi connectivity index (χ3v) is 7.52. The number of carbonyl (C=O) groups excluding carboxylic acids is 1. The van der Waals surface area contributed by atoms with Crippen LogP contribution in [0.5, 0.6) is 11.5 Å². The molecule has 0 bridgehead atoms. The molecular formula is C27H34N2O3S. The molecule has 4 rings (SSSR count). The van der Waals surface area contributed by atoms with E-state index in [1.165, 1.54) is 50.3 Å². The van der Waals surface area contributed by atoms with E-state index in [-0.39, 0.29) is 18.6 Å². The number of rotatable bonds is 7. The number of benzene rings is 1. The highest BCUT2D eigenvalue weighted by Crippen LogP contribution is 2.39. The zero-order valence-electron chi connectivity index (χ0n) is 19.6. The van der Waals surface area contributed by atoms with Crippen LogP contribution >= 0.6 is 11.8 Å². The predicted molar refractivity (Wildman–Crippen MR) is 136 cm³/mol. The number of ether oxygens (including phenoxy) is 2. The van der Waals surface area contributed by atoms with Crippen LogP contribution in [0.3, 0.4) is 0 Å². The molecule has 6 heteroatoms. The Kier molecular flexibility index (Phi) is 8.39. The summed E-state index contributed by atoms with van der Waals surface area (Å²) in [6.07, 6.45) is 19.1. The molecule has 0 radical (unpaired) electrons. The number of hydrogen-bond donors (Lipinski definition) is 0. The van der Waals surface area contributed by atoms with Gasteiger partial charge in [-0.2, -0.15) is 0 Å². The third-order valence-electron chi connectivity index (χ3n) is 6.52. The van der Waals surface area contributed by atoms with Gasteiger partial charge in [-0.15, -0.1) is 6.42 Å². The normalized spacial score (nSPS) is 22.7. The van der Waals surface area contributed by atoms with Crippen molar-refractivity contribution in [2.24, 2.45) is 4.99 Å². The van der Waals surface area contributed by atoms with Gasteiger partial charge >= 0.3 is 0 Å². The first-order valence-corrected chi connectivity index (χ1v) is 13.1. The molecule has 176 valence electrons. The van der Waals surface area contributed by atoms with E-state index in [1.54, 1.807) is 0 Å². The van der Waals surface area contributed by atoms with Gasteiger partial charge < -0.3 is 9.47 Å². The van der Waals surface area contributed by atoms with Crippen LogP contribution in [0.2, 0.25) is 0 Å². The maximum atomic E-state index is 13.6. The molecule has 0 spiro atoms. The molecule has 2 saturated carbocycles. The number of nitrogens with zero attached hydrogens (tertiary/aromatic N) is 2. The minimum atomic E-state index is 0.0899. The van der Waals surface area contributed by atoms with E-state index in [2.05, 4.69) is 5.92 Å². The van der Waals surface area contributed by atoms with Crippen molar-refractivity contribution in [1.82, 2.24) is 4.90 Å². The minimum absolute atomic E-state index is 0.0899. The Balaban J connectivity index is 1.61. The predicted octanol–water partition coefficient (Wildman–Crippen LogP) is 6.04. The monoisotopic (exact) mass is 466 g/mol. The summed E-state index contributed by atoms with van der Waals surface area (Å²) in [4.78, 5) is 21.4. The Morgan fingerprint density at radius 3 is 2.52 bits per heavy atom. The molecule has 5 nitrogen and oxygen atoms in total. The van der Waals surface area contributed by atoms with Crippen LogP contribution in [-0.4, -0.2) is 41.3 Å². The van der Waals surface area contributed by atoms with Crippen LogP contribution in [0.1, 0.15) is 76.7 Å². The summed E-state index contributed by atoms with van der Waals surface area (Å²) in [6, 6.07) is 6.32. The number of hydrogen-bond acceptors (Lipinski definition) is 5. The van der Waals surface area contributed by atoms with E-state index in [4.69, 9.17) is 20.9 Å².